The van der Waals surface area contributed by atoms with Crippen molar-refractivity contribution in [2.75, 3.05) is 13.7 Å². The third-order valence-corrected chi connectivity index (χ3v) is 4.46. The third kappa shape index (κ3) is 3.22. The van der Waals surface area contributed by atoms with Crippen LogP contribution in [0.25, 0.3) is 11.0 Å². The SMILES string of the molecule is COc1ccc2oc(CNC3CCCCC3CO)cc2c1. The minimum Gasteiger partial charge on any atom is -0.497 e. The normalized spacial score (nSPS) is 22.6. The molecule has 1 aliphatic carbocycles. The van der Waals surface area contributed by atoms with Crippen LogP contribution in [0.15, 0.2) is 28.7 Å². The second kappa shape index (κ2) is 6.50. The Labute approximate surface area is 125 Å². The fourth-order valence-corrected chi connectivity index (χ4v) is 3.22. The van der Waals surface area contributed by atoms with E-state index in [0.717, 1.165) is 35.3 Å². The van der Waals surface area contributed by atoms with Gasteiger partial charge in [0.1, 0.15) is 17.1 Å². The minimum atomic E-state index is 0.273. The highest BCUT2D eigenvalue weighted by molar-refractivity contribution is 5.79. The van der Waals surface area contributed by atoms with Crippen LogP contribution < -0.4 is 10.1 Å². The van der Waals surface area contributed by atoms with Crippen LogP contribution in [0.2, 0.25) is 0 Å². The lowest BCUT2D eigenvalue weighted by Crippen LogP contribution is -2.39. The molecule has 4 heteroatoms. The van der Waals surface area contributed by atoms with Crippen LogP contribution in [0.4, 0.5) is 0 Å². The lowest BCUT2D eigenvalue weighted by atomic mass is 9.85. The van der Waals surface area contributed by atoms with Crippen LogP contribution in [-0.2, 0) is 6.54 Å². The number of furan rings is 1. The summed E-state index contributed by atoms with van der Waals surface area (Å²) in [5.74, 6) is 2.15. The highest BCUT2D eigenvalue weighted by Gasteiger charge is 2.24. The molecule has 2 unspecified atom stereocenters. The van der Waals surface area contributed by atoms with E-state index in [1.165, 1.54) is 12.8 Å². The molecule has 1 heterocycles. The number of fused-ring (bicyclic) bond motifs is 1. The zero-order valence-electron chi connectivity index (χ0n) is 12.5. The molecule has 1 aromatic heterocycles. The summed E-state index contributed by atoms with van der Waals surface area (Å²) in [4.78, 5) is 0. The molecule has 2 N–H and O–H groups in total. The minimum absolute atomic E-state index is 0.273. The molecular weight excluding hydrogens is 266 g/mol. The second-order valence-corrected chi connectivity index (χ2v) is 5.83. The molecule has 1 aromatic carbocycles. The molecule has 0 amide bonds. The fourth-order valence-electron chi connectivity index (χ4n) is 3.22. The molecule has 0 bridgehead atoms. The van der Waals surface area contributed by atoms with Crippen molar-refractivity contribution in [3.05, 3.63) is 30.0 Å². The van der Waals surface area contributed by atoms with Crippen LogP contribution in [-0.4, -0.2) is 24.9 Å². The molecule has 0 aliphatic heterocycles. The Kier molecular flexibility index (Phi) is 4.46. The number of ether oxygens (including phenoxy) is 1. The summed E-state index contributed by atoms with van der Waals surface area (Å²) in [6, 6.07) is 8.29. The van der Waals surface area contributed by atoms with Gasteiger partial charge in [-0.2, -0.15) is 0 Å². The highest BCUT2D eigenvalue weighted by atomic mass is 16.5. The Hall–Kier alpha value is -1.52. The Bertz CT molecular complexity index is 593. The van der Waals surface area contributed by atoms with Crippen LogP contribution in [0.1, 0.15) is 31.4 Å². The summed E-state index contributed by atoms with van der Waals surface area (Å²) in [6.45, 7) is 0.979. The second-order valence-electron chi connectivity index (χ2n) is 5.83. The summed E-state index contributed by atoms with van der Waals surface area (Å²) >= 11 is 0. The van der Waals surface area contributed by atoms with Gasteiger partial charge in [-0.25, -0.2) is 0 Å². The Morgan fingerprint density at radius 1 is 1.29 bits per heavy atom. The molecule has 0 saturated heterocycles. The largest absolute Gasteiger partial charge is 0.497 e. The Morgan fingerprint density at radius 3 is 2.95 bits per heavy atom. The number of hydrogen-bond acceptors (Lipinski definition) is 4. The van der Waals surface area contributed by atoms with Gasteiger partial charge in [0.25, 0.3) is 0 Å². The first-order valence-electron chi connectivity index (χ1n) is 7.71. The average Bonchev–Trinajstić information content (AvgIpc) is 2.94. The summed E-state index contributed by atoms with van der Waals surface area (Å²) in [7, 11) is 1.67. The molecule has 0 radical (unpaired) electrons. The average molecular weight is 289 g/mol. The van der Waals surface area contributed by atoms with E-state index in [2.05, 4.69) is 11.4 Å². The molecule has 2 aromatic rings. The van der Waals surface area contributed by atoms with Gasteiger partial charge in [-0.3, -0.25) is 0 Å². The van der Waals surface area contributed by atoms with E-state index in [1.807, 2.05) is 18.2 Å². The third-order valence-electron chi connectivity index (χ3n) is 4.46. The number of benzene rings is 1. The zero-order chi connectivity index (χ0) is 14.7. The summed E-state index contributed by atoms with van der Waals surface area (Å²) in [6.07, 6.45) is 4.73. The van der Waals surface area contributed by atoms with Crippen molar-refractivity contribution in [3.8, 4) is 5.75 Å². The van der Waals surface area contributed by atoms with Crippen molar-refractivity contribution in [2.45, 2.75) is 38.3 Å². The topological polar surface area (TPSA) is 54.6 Å². The van der Waals surface area contributed by atoms with Gasteiger partial charge in [-0.15, -0.1) is 0 Å². The van der Waals surface area contributed by atoms with Crippen LogP contribution >= 0.6 is 0 Å². The van der Waals surface area contributed by atoms with Crippen LogP contribution in [0.5, 0.6) is 5.75 Å². The van der Waals surface area contributed by atoms with Gasteiger partial charge in [-0.1, -0.05) is 12.8 Å². The van der Waals surface area contributed by atoms with E-state index in [4.69, 9.17) is 9.15 Å². The lowest BCUT2D eigenvalue weighted by molar-refractivity contribution is 0.151. The van der Waals surface area contributed by atoms with Gasteiger partial charge in [0.15, 0.2) is 0 Å². The van der Waals surface area contributed by atoms with Crippen molar-refractivity contribution in [1.82, 2.24) is 5.32 Å². The van der Waals surface area contributed by atoms with E-state index < -0.39 is 0 Å². The molecule has 21 heavy (non-hydrogen) atoms. The standard InChI is InChI=1S/C17H23NO3/c1-20-14-6-7-17-13(8-14)9-15(21-17)10-18-16-5-3-2-4-12(16)11-19/h6-9,12,16,18-19H,2-5,10-11H2,1H3. The lowest BCUT2D eigenvalue weighted by Gasteiger charge is -2.30. The fraction of sp³-hybridized carbons (Fsp3) is 0.529. The van der Waals surface area contributed by atoms with Gasteiger partial charge in [0, 0.05) is 18.0 Å². The molecule has 3 rings (SSSR count). The number of methoxy groups -OCH3 is 1. The van der Waals surface area contributed by atoms with Crippen molar-refractivity contribution >= 4 is 11.0 Å². The summed E-state index contributed by atoms with van der Waals surface area (Å²) < 4.78 is 11.1. The Balaban J connectivity index is 1.67. The maximum absolute atomic E-state index is 9.45. The number of nitrogens with one attached hydrogen (secondary N) is 1. The zero-order valence-corrected chi connectivity index (χ0v) is 12.5. The van der Waals surface area contributed by atoms with E-state index >= 15 is 0 Å². The first-order chi connectivity index (χ1) is 10.3. The maximum Gasteiger partial charge on any atom is 0.134 e. The van der Waals surface area contributed by atoms with Gasteiger partial charge in [0.05, 0.1) is 13.7 Å². The first kappa shape index (κ1) is 14.4. The number of hydrogen-bond donors (Lipinski definition) is 2. The van der Waals surface area contributed by atoms with E-state index in [0.29, 0.717) is 18.5 Å². The van der Waals surface area contributed by atoms with Crippen molar-refractivity contribution < 1.29 is 14.3 Å². The predicted octanol–water partition coefficient (Wildman–Crippen LogP) is 3.08. The molecule has 2 atom stereocenters. The van der Waals surface area contributed by atoms with Gasteiger partial charge < -0.3 is 19.6 Å². The van der Waals surface area contributed by atoms with Gasteiger partial charge in [-0.05, 0) is 43.0 Å². The van der Waals surface area contributed by atoms with E-state index in [9.17, 15) is 5.11 Å². The smallest absolute Gasteiger partial charge is 0.134 e. The first-order valence-corrected chi connectivity index (χ1v) is 7.71. The van der Waals surface area contributed by atoms with Gasteiger partial charge in [0.2, 0.25) is 0 Å². The quantitative estimate of drug-likeness (QED) is 0.888. The number of aliphatic hydroxyl groups excluding tert-OH is 1. The van der Waals surface area contributed by atoms with E-state index in [-0.39, 0.29) is 6.61 Å². The molecule has 4 nitrogen and oxygen atoms in total. The number of rotatable bonds is 5. The van der Waals surface area contributed by atoms with Crippen LogP contribution in [0, 0.1) is 5.92 Å². The van der Waals surface area contributed by atoms with Crippen LogP contribution in [0.3, 0.4) is 0 Å². The molecule has 0 spiro atoms. The molecular formula is C17H23NO3. The number of aliphatic hydroxyl groups is 1. The van der Waals surface area contributed by atoms with Crippen molar-refractivity contribution in [2.24, 2.45) is 5.92 Å². The van der Waals surface area contributed by atoms with E-state index in [1.54, 1.807) is 7.11 Å². The van der Waals surface area contributed by atoms with Gasteiger partial charge >= 0.3 is 0 Å². The molecule has 114 valence electrons. The van der Waals surface area contributed by atoms with Crippen molar-refractivity contribution in [1.29, 1.82) is 0 Å². The molecule has 1 fully saturated rings. The molecule has 1 saturated carbocycles. The Morgan fingerprint density at radius 2 is 2.14 bits per heavy atom. The molecule has 1 aliphatic rings. The summed E-state index contributed by atoms with van der Waals surface area (Å²) in [5.41, 5.74) is 0.884. The van der Waals surface area contributed by atoms with Crippen molar-refractivity contribution in [3.63, 3.8) is 0 Å². The summed E-state index contributed by atoms with van der Waals surface area (Å²) in [5, 5.41) is 14.1. The highest BCUT2D eigenvalue weighted by Crippen LogP contribution is 2.26. The monoisotopic (exact) mass is 289 g/mol. The maximum atomic E-state index is 9.45. The predicted molar refractivity (Wildman–Crippen MR) is 82.4 cm³/mol.